The second kappa shape index (κ2) is 22.5. The number of hydrogen-bond donors (Lipinski definition) is 6. The number of halogens is 5. The molecule has 0 aliphatic heterocycles. The second-order valence-electron chi connectivity index (χ2n) is 12.9. The van der Waals surface area contributed by atoms with Crippen LogP contribution in [0, 0.1) is 5.92 Å². The van der Waals surface area contributed by atoms with Crippen LogP contribution in [-0.2, 0) is 6.42 Å². The van der Waals surface area contributed by atoms with Gasteiger partial charge in [-0.25, -0.2) is 0 Å². The summed E-state index contributed by atoms with van der Waals surface area (Å²) in [6.07, 6.45) is 6.05. The molecule has 0 radical (unpaired) electrons. The molecule has 2 heterocycles. The number of thioether (sulfide) groups is 1. The molecule has 1 aliphatic rings. The Balaban J connectivity index is 0.000000221. The number of nitrogens with one attached hydrogen (secondary N) is 4. The Morgan fingerprint density at radius 3 is 2.49 bits per heavy atom. The molecule has 0 spiro atoms. The predicted molar refractivity (Wildman–Crippen MR) is 225 cm³/mol. The lowest BCUT2D eigenvalue weighted by atomic mass is 10.1. The molecule has 0 saturated heterocycles. The standard InChI is InChI=1S/C22H28ClN3O3S2.C17H14Cl2F2N2O3/c23-17-5-2-1-4-15(17)8-10-24-9-3-12-30-13-11-25-14-19(28)16-6-7-18(27)20-21(16)31-22(29)26-20;18-11-6-22-7-12(19)15(11)23-16(24)10-3-4-13(26-17(20)21)14(5-10)25-8-9-1-2-9/h1-2,4-7,19,24-25,27-28H,3,8-14H2,(H,26,29);3-7,9,17H,1-2,8H2,(H,22,23,24)/t19-;/m0./s1. The number of phenolic OH excluding ortho intramolecular Hbond substituents is 1. The molecule has 0 unspecified atom stereocenters. The highest BCUT2D eigenvalue weighted by atomic mass is 35.5. The number of thiazole rings is 1. The quantitative estimate of drug-likeness (QED) is 0.0419. The van der Waals surface area contributed by atoms with Crippen LogP contribution in [0.25, 0.3) is 10.2 Å². The van der Waals surface area contributed by atoms with E-state index in [0.29, 0.717) is 34.8 Å². The van der Waals surface area contributed by atoms with Crippen molar-refractivity contribution in [3.05, 3.63) is 108 Å². The molecular formula is C39H42Cl3F2N5O6S2. The summed E-state index contributed by atoms with van der Waals surface area (Å²) in [6.45, 7) is 0.496. The lowest BCUT2D eigenvalue weighted by Crippen LogP contribution is -2.24. The highest BCUT2D eigenvalue weighted by Crippen LogP contribution is 2.35. The fourth-order valence-electron chi connectivity index (χ4n) is 5.41. The van der Waals surface area contributed by atoms with Crippen LogP contribution in [0.5, 0.6) is 17.2 Å². The SMILES string of the molecule is O=C(Nc1c(Cl)cncc1Cl)c1ccc(OC(F)F)c(OCC2CC2)c1.O=c1[nH]c2c(O)ccc([C@@H](O)CNCCSCCCNCCc3ccccc3Cl)c2s1. The summed E-state index contributed by atoms with van der Waals surface area (Å²) in [6, 6.07) is 15.1. The molecule has 1 amide bonds. The molecule has 6 N–H and O–H groups in total. The molecule has 5 aromatic rings. The number of alkyl halides is 2. The van der Waals surface area contributed by atoms with Gasteiger partial charge in [-0.2, -0.15) is 20.5 Å². The largest absolute Gasteiger partial charge is 0.506 e. The molecule has 3 aromatic carbocycles. The lowest BCUT2D eigenvalue weighted by molar-refractivity contribution is -0.0515. The number of pyridine rings is 1. The van der Waals surface area contributed by atoms with Crippen molar-refractivity contribution >= 4 is 79.7 Å². The van der Waals surface area contributed by atoms with Crippen LogP contribution < -0.4 is 30.3 Å². The molecule has 1 fully saturated rings. The van der Waals surface area contributed by atoms with Crippen molar-refractivity contribution in [3.63, 3.8) is 0 Å². The maximum Gasteiger partial charge on any atom is 0.387 e. The summed E-state index contributed by atoms with van der Waals surface area (Å²) in [4.78, 5) is 30.2. The summed E-state index contributed by atoms with van der Waals surface area (Å²) in [5, 5.41) is 30.8. The van der Waals surface area contributed by atoms with E-state index in [0.717, 1.165) is 73.2 Å². The summed E-state index contributed by atoms with van der Waals surface area (Å²) in [7, 11) is 0. The van der Waals surface area contributed by atoms with Crippen molar-refractivity contribution in [1.29, 1.82) is 0 Å². The minimum absolute atomic E-state index is 0.0204. The number of phenols is 1. The number of ether oxygens (including phenoxy) is 2. The fraction of sp³-hybridized carbons (Fsp3) is 0.359. The number of nitrogens with zero attached hydrogens (tertiary/aromatic N) is 1. The zero-order chi connectivity index (χ0) is 40.7. The number of anilines is 1. The van der Waals surface area contributed by atoms with Crippen molar-refractivity contribution in [2.75, 3.05) is 49.6 Å². The molecule has 1 aliphatic carbocycles. The number of fused-ring (bicyclic) bond motifs is 1. The number of carbonyl (C=O) groups excluding carboxylic acids is 1. The molecule has 306 valence electrons. The number of aromatic nitrogens is 2. The first kappa shape index (κ1) is 44.4. The first-order chi connectivity index (χ1) is 27.5. The van der Waals surface area contributed by atoms with Crippen LogP contribution in [0.4, 0.5) is 14.5 Å². The van der Waals surface area contributed by atoms with Crippen molar-refractivity contribution in [2.45, 2.75) is 38.4 Å². The third-order valence-electron chi connectivity index (χ3n) is 8.56. The summed E-state index contributed by atoms with van der Waals surface area (Å²) in [5.74, 6) is 1.90. The maximum atomic E-state index is 12.6. The van der Waals surface area contributed by atoms with Gasteiger partial charge >= 0.3 is 11.5 Å². The Labute approximate surface area is 351 Å². The van der Waals surface area contributed by atoms with E-state index in [1.165, 1.54) is 42.2 Å². The minimum Gasteiger partial charge on any atom is -0.506 e. The summed E-state index contributed by atoms with van der Waals surface area (Å²) < 4.78 is 35.7. The molecule has 11 nitrogen and oxygen atoms in total. The number of carbonyl (C=O) groups is 1. The van der Waals surface area contributed by atoms with Crippen molar-refractivity contribution < 1.29 is 33.3 Å². The van der Waals surface area contributed by atoms with Crippen LogP contribution in [0.3, 0.4) is 0 Å². The van der Waals surface area contributed by atoms with E-state index in [-0.39, 0.29) is 43.4 Å². The molecule has 1 saturated carbocycles. The fourth-order valence-corrected chi connectivity index (χ4v) is 7.86. The van der Waals surface area contributed by atoms with Crippen molar-refractivity contribution in [1.82, 2.24) is 20.6 Å². The van der Waals surface area contributed by atoms with Crippen LogP contribution in [0.1, 0.15) is 46.9 Å². The van der Waals surface area contributed by atoms with Gasteiger partial charge in [-0.15, -0.1) is 0 Å². The van der Waals surface area contributed by atoms with Gasteiger partial charge in [0.25, 0.3) is 5.91 Å². The summed E-state index contributed by atoms with van der Waals surface area (Å²) in [5.41, 5.74) is 2.61. The monoisotopic (exact) mass is 883 g/mol. The zero-order valence-electron chi connectivity index (χ0n) is 30.5. The topological polar surface area (TPSA) is 158 Å². The van der Waals surface area contributed by atoms with Gasteiger partial charge in [-0.3, -0.25) is 14.6 Å². The van der Waals surface area contributed by atoms with E-state index in [4.69, 9.17) is 39.5 Å². The van der Waals surface area contributed by atoms with E-state index < -0.39 is 18.6 Å². The first-order valence-electron chi connectivity index (χ1n) is 18.1. The number of aromatic amines is 1. The minimum atomic E-state index is -2.99. The van der Waals surface area contributed by atoms with Gasteiger partial charge in [0.1, 0.15) is 11.3 Å². The number of H-pyrrole nitrogens is 1. The molecule has 2 aromatic heterocycles. The Bertz CT molecular complexity index is 2120. The first-order valence-corrected chi connectivity index (χ1v) is 21.2. The second-order valence-corrected chi connectivity index (χ2v) is 16.3. The van der Waals surface area contributed by atoms with Crippen LogP contribution in [-0.4, -0.2) is 77.0 Å². The Morgan fingerprint density at radius 1 is 0.982 bits per heavy atom. The normalized spacial score (nSPS) is 13.0. The average molecular weight is 885 g/mol. The maximum absolute atomic E-state index is 12.6. The van der Waals surface area contributed by atoms with E-state index in [2.05, 4.69) is 36.7 Å². The summed E-state index contributed by atoms with van der Waals surface area (Å²) >= 11 is 21.0. The third kappa shape index (κ3) is 14.0. The molecule has 1 atom stereocenters. The van der Waals surface area contributed by atoms with Gasteiger partial charge in [0.15, 0.2) is 11.5 Å². The molecular weight excluding hydrogens is 843 g/mol. The smallest absolute Gasteiger partial charge is 0.387 e. The molecule has 57 heavy (non-hydrogen) atoms. The van der Waals surface area contributed by atoms with E-state index in [1.807, 2.05) is 30.0 Å². The third-order valence-corrected chi connectivity index (χ3v) is 11.5. The van der Waals surface area contributed by atoms with Crippen molar-refractivity contribution in [2.24, 2.45) is 5.92 Å². The van der Waals surface area contributed by atoms with Crippen LogP contribution in [0.2, 0.25) is 15.1 Å². The number of amides is 1. The number of rotatable bonds is 20. The Kier molecular flexibility index (Phi) is 17.5. The number of aliphatic hydroxyl groups excluding tert-OH is 1. The number of aromatic hydroxyl groups is 1. The van der Waals surface area contributed by atoms with Crippen LogP contribution >= 0.6 is 57.9 Å². The van der Waals surface area contributed by atoms with Gasteiger partial charge in [0.05, 0.1) is 33.1 Å². The van der Waals surface area contributed by atoms with Crippen LogP contribution in [0.15, 0.2) is 71.8 Å². The van der Waals surface area contributed by atoms with E-state index in [9.17, 15) is 28.6 Å². The lowest BCUT2D eigenvalue weighted by Gasteiger charge is -2.14. The Morgan fingerprint density at radius 2 is 1.75 bits per heavy atom. The van der Waals surface area contributed by atoms with Gasteiger partial charge in [-0.05, 0) is 86.3 Å². The molecule has 18 heteroatoms. The molecule has 6 rings (SSSR count). The van der Waals surface area contributed by atoms with Gasteiger partial charge in [-0.1, -0.05) is 70.4 Å². The predicted octanol–water partition coefficient (Wildman–Crippen LogP) is 8.56. The average Bonchev–Trinajstić information content (AvgIpc) is 3.93. The Hall–Kier alpha value is -3.67. The van der Waals surface area contributed by atoms with E-state index in [1.54, 1.807) is 6.07 Å². The highest BCUT2D eigenvalue weighted by Gasteiger charge is 2.24. The van der Waals surface area contributed by atoms with E-state index >= 15 is 0 Å². The number of aliphatic hydroxyl groups is 1. The molecule has 0 bridgehead atoms. The zero-order valence-corrected chi connectivity index (χ0v) is 34.4. The highest BCUT2D eigenvalue weighted by molar-refractivity contribution is 7.99. The van der Waals surface area contributed by atoms with Gasteiger partial charge < -0.3 is 40.6 Å². The van der Waals surface area contributed by atoms with Gasteiger partial charge in [0, 0.05) is 47.4 Å². The van der Waals surface area contributed by atoms with Gasteiger partial charge in [0.2, 0.25) is 0 Å². The number of hydrogen-bond acceptors (Lipinski definition) is 11. The number of benzene rings is 3. The van der Waals surface area contributed by atoms with Crippen molar-refractivity contribution in [3.8, 4) is 17.2 Å².